The first kappa shape index (κ1) is 39.2. The lowest BCUT2D eigenvalue weighted by Gasteiger charge is -2.19. The molecule has 40 heavy (non-hydrogen) atoms. The summed E-state index contributed by atoms with van der Waals surface area (Å²) >= 11 is 0. The molecule has 0 fully saturated rings. The van der Waals surface area contributed by atoms with Crippen LogP contribution in [-0.4, -0.2) is 41.4 Å². The van der Waals surface area contributed by atoms with Crippen LogP contribution < -0.4 is 10.6 Å². The number of aliphatic hydroxyl groups is 1. The first-order valence-electron chi connectivity index (χ1n) is 14.1. The fraction of sp³-hybridized carbons (Fsp3) is 0.516. The van der Waals surface area contributed by atoms with Crippen molar-refractivity contribution < 1.29 is 30.3 Å². The molecule has 0 spiro atoms. The molecule has 0 aliphatic carbocycles. The minimum Gasteiger partial charge on any atom is -0.444 e. The van der Waals surface area contributed by atoms with E-state index in [4.69, 9.17) is 16.0 Å². The maximum atomic E-state index is 11.4. The van der Waals surface area contributed by atoms with Crippen molar-refractivity contribution in [1.82, 2.24) is 10.6 Å². The summed E-state index contributed by atoms with van der Waals surface area (Å²) in [6.45, 7) is 20.0. The molecule has 2 rings (SSSR count). The average Bonchev–Trinajstić information content (AvgIpc) is 2.92. The van der Waals surface area contributed by atoms with Crippen LogP contribution >= 0.6 is 9.24 Å². The van der Waals surface area contributed by atoms with Crippen molar-refractivity contribution >= 4 is 27.7 Å². The van der Waals surface area contributed by atoms with Gasteiger partial charge in [0, 0.05) is 20.0 Å². The standard InChI is InChI=1S/C13H19NO3.C13H17NO3.2C2H6.CH5P/c2*1-13(2,3)17-12(16)14-8-10-5-4-6-11(7-10)9-15;3*1-2/h4-7,15H,8-9H2,1-3H3,(H,14,16);4-7,9H,8H2,1-3H3,(H,14,16);2*1-2H3;2H2,1H3/i;;;;1D. The molecule has 1 unspecified atom stereocenters. The molecule has 0 aromatic heterocycles. The van der Waals surface area contributed by atoms with Crippen molar-refractivity contribution in [3.05, 3.63) is 70.8 Å². The Hall–Kier alpha value is -2.96. The Morgan fingerprint density at radius 1 is 0.825 bits per heavy atom. The Morgan fingerprint density at radius 2 is 1.20 bits per heavy atom. The highest BCUT2D eigenvalue weighted by molar-refractivity contribution is 7.15. The molecule has 228 valence electrons. The largest absolute Gasteiger partial charge is 0.444 e. The van der Waals surface area contributed by atoms with Gasteiger partial charge in [0.15, 0.2) is 0 Å². The minimum atomic E-state index is -0.505. The van der Waals surface area contributed by atoms with Gasteiger partial charge in [0.1, 0.15) is 17.5 Å². The molecule has 0 aliphatic rings. The normalized spacial score (nSPS) is 10.1. The molecule has 2 aromatic rings. The molecular formula is C31H53N2O6P. The molecule has 0 saturated carbocycles. The molecule has 3 N–H and O–H groups in total. The van der Waals surface area contributed by atoms with Gasteiger partial charge in [-0.15, -0.1) is 9.24 Å². The highest BCUT2D eigenvalue weighted by atomic mass is 31.0. The molecule has 1 atom stereocenters. The number of rotatable bonds is 6. The van der Waals surface area contributed by atoms with Gasteiger partial charge in [-0.3, -0.25) is 4.79 Å². The molecule has 8 nitrogen and oxygen atoms in total. The van der Waals surface area contributed by atoms with Crippen molar-refractivity contribution in [3.63, 3.8) is 0 Å². The Morgan fingerprint density at radius 3 is 1.57 bits per heavy atom. The number of amides is 2. The number of benzene rings is 2. The number of alkyl carbamates (subject to hydrolysis) is 2. The summed E-state index contributed by atoms with van der Waals surface area (Å²) in [7, 11) is 2.25. The summed E-state index contributed by atoms with van der Waals surface area (Å²) in [6, 6.07) is 14.5. The zero-order chi connectivity index (χ0) is 32.5. The van der Waals surface area contributed by atoms with Crippen LogP contribution in [0.2, 0.25) is 0 Å². The number of aliphatic hydroxyl groups excluding tert-OH is 1. The third-order valence-electron chi connectivity index (χ3n) is 3.93. The second kappa shape index (κ2) is 23.9. The number of ether oxygens (including phenoxy) is 2. The Balaban J connectivity index is -0.000000578. The first-order valence-corrected chi connectivity index (χ1v) is 14.2. The van der Waals surface area contributed by atoms with E-state index in [9.17, 15) is 14.4 Å². The van der Waals surface area contributed by atoms with E-state index in [0.29, 0.717) is 25.3 Å². The molecular weight excluding hydrogens is 527 g/mol. The van der Waals surface area contributed by atoms with Crippen LogP contribution in [0.1, 0.15) is 97.7 Å². The minimum absolute atomic E-state index is 0.000275. The predicted octanol–water partition coefficient (Wildman–Crippen LogP) is 7.27. The SMILES string of the molecule is CC.CC.CC(C)(C)OC(=O)NCc1cccc(C=O)c1.CC(C)(C)OC(=O)NCc1cccc(CO)c1.[2H]CP. The van der Waals surface area contributed by atoms with Crippen LogP contribution in [0.25, 0.3) is 0 Å². The van der Waals surface area contributed by atoms with E-state index < -0.39 is 23.4 Å². The summed E-state index contributed by atoms with van der Waals surface area (Å²) in [5, 5.41) is 14.3. The van der Waals surface area contributed by atoms with Crippen LogP contribution in [0.15, 0.2) is 48.5 Å². The summed E-state index contributed by atoms with van der Waals surface area (Å²) in [5.74, 6) is 0. The van der Waals surface area contributed by atoms with E-state index >= 15 is 0 Å². The van der Waals surface area contributed by atoms with Crippen LogP contribution in [-0.2, 0) is 29.2 Å². The van der Waals surface area contributed by atoms with E-state index in [1.54, 1.807) is 39.0 Å². The summed E-state index contributed by atoms with van der Waals surface area (Å²) < 4.78 is 16.4. The number of nitrogens with one attached hydrogen (secondary N) is 2. The zero-order valence-corrected chi connectivity index (χ0v) is 27.2. The lowest BCUT2D eigenvalue weighted by Crippen LogP contribution is -2.32. The number of hydrogen-bond acceptors (Lipinski definition) is 6. The third kappa shape index (κ3) is 24.1. The number of carbonyl (C=O) groups excluding carboxylic acids is 3. The van der Waals surface area contributed by atoms with Gasteiger partial charge in [-0.25, -0.2) is 9.59 Å². The Bertz CT molecular complexity index is 976. The molecule has 0 aliphatic heterocycles. The van der Waals surface area contributed by atoms with Gasteiger partial charge >= 0.3 is 12.2 Å². The predicted molar refractivity (Wildman–Crippen MR) is 169 cm³/mol. The van der Waals surface area contributed by atoms with Gasteiger partial charge in [-0.05, 0) is 64.3 Å². The van der Waals surface area contributed by atoms with Crippen LogP contribution in [0.5, 0.6) is 0 Å². The smallest absolute Gasteiger partial charge is 0.407 e. The lowest BCUT2D eigenvalue weighted by atomic mass is 10.1. The van der Waals surface area contributed by atoms with Gasteiger partial charge in [0.25, 0.3) is 0 Å². The number of hydrogen-bond donors (Lipinski definition) is 3. The molecule has 0 heterocycles. The number of aldehydes is 1. The van der Waals surface area contributed by atoms with Crippen molar-refractivity contribution in [2.75, 3.05) is 6.64 Å². The van der Waals surface area contributed by atoms with Crippen molar-refractivity contribution in [2.24, 2.45) is 0 Å². The molecule has 0 saturated heterocycles. The quantitative estimate of drug-likeness (QED) is 0.244. The first-order chi connectivity index (χ1) is 19.2. The van der Waals surface area contributed by atoms with Crippen LogP contribution in [0, 0.1) is 0 Å². The van der Waals surface area contributed by atoms with E-state index in [-0.39, 0.29) is 6.61 Å². The fourth-order valence-corrected chi connectivity index (χ4v) is 2.59. The molecule has 0 bridgehead atoms. The van der Waals surface area contributed by atoms with Crippen LogP contribution in [0.3, 0.4) is 0 Å². The average molecular weight is 582 g/mol. The monoisotopic (exact) mass is 581 g/mol. The summed E-state index contributed by atoms with van der Waals surface area (Å²) in [4.78, 5) is 33.4. The summed E-state index contributed by atoms with van der Waals surface area (Å²) in [6.07, 6.45) is -0.127. The van der Waals surface area contributed by atoms with Crippen molar-refractivity contribution in [2.45, 2.75) is 100 Å². The van der Waals surface area contributed by atoms with Crippen molar-refractivity contribution in [1.29, 1.82) is 0 Å². The van der Waals surface area contributed by atoms with E-state index in [2.05, 4.69) is 19.9 Å². The highest BCUT2D eigenvalue weighted by Crippen LogP contribution is 2.09. The second-order valence-electron chi connectivity index (χ2n) is 9.55. The van der Waals surface area contributed by atoms with Gasteiger partial charge in [0.2, 0.25) is 0 Å². The van der Waals surface area contributed by atoms with E-state index in [1.165, 1.54) is 0 Å². The Kier molecular flexibility index (Phi) is 23.4. The maximum absolute atomic E-state index is 11.4. The molecule has 0 radical (unpaired) electrons. The third-order valence-corrected chi connectivity index (χ3v) is 3.93. The molecule has 2 amide bonds. The molecule has 9 heteroatoms. The zero-order valence-electron chi connectivity index (χ0n) is 27.1. The van der Waals surface area contributed by atoms with Gasteiger partial charge < -0.3 is 25.2 Å². The summed E-state index contributed by atoms with van der Waals surface area (Å²) in [5.41, 5.74) is 2.22. The topological polar surface area (TPSA) is 114 Å². The van der Waals surface area contributed by atoms with Gasteiger partial charge in [0.05, 0.1) is 6.61 Å². The van der Waals surface area contributed by atoms with Gasteiger partial charge in [-0.1, -0.05) is 76.8 Å². The second-order valence-corrected chi connectivity index (χ2v) is 9.55. The van der Waals surface area contributed by atoms with E-state index in [1.807, 2.05) is 78.8 Å². The highest BCUT2D eigenvalue weighted by Gasteiger charge is 2.16. The van der Waals surface area contributed by atoms with E-state index in [0.717, 1.165) is 23.0 Å². The Labute approximate surface area is 246 Å². The van der Waals surface area contributed by atoms with Crippen molar-refractivity contribution in [3.8, 4) is 0 Å². The van der Waals surface area contributed by atoms with Gasteiger partial charge in [-0.2, -0.15) is 0 Å². The number of carbonyl (C=O) groups is 3. The fourth-order valence-electron chi connectivity index (χ4n) is 2.59. The lowest BCUT2D eigenvalue weighted by molar-refractivity contribution is 0.0512. The van der Waals surface area contributed by atoms with Crippen LogP contribution in [0.4, 0.5) is 9.59 Å². The molecule has 2 aromatic carbocycles. The maximum Gasteiger partial charge on any atom is 0.407 e.